The Bertz CT molecular complexity index is 287. The molecule has 0 aromatic carbocycles. The van der Waals surface area contributed by atoms with Gasteiger partial charge in [-0.2, -0.15) is 5.10 Å². The van der Waals surface area contributed by atoms with Crippen LogP contribution in [0.1, 0.15) is 19.8 Å². The Morgan fingerprint density at radius 2 is 2.54 bits per heavy atom. The number of nitrogens with zero attached hydrogens (tertiary/aromatic N) is 2. The van der Waals surface area contributed by atoms with E-state index >= 15 is 0 Å². The fourth-order valence-electron chi connectivity index (χ4n) is 1.67. The molecule has 0 saturated carbocycles. The van der Waals surface area contributed by atoms with Crippen LogP contribution in [0, 0.1) is 0 Å². The molecule has 0 bridgehead atoms. The summed E-state index contributed by atoms with van der Waals surface area (Å²) in [6.07, 6.45) is 5.06. The van der Waals surface area contributed by atoms with E-state index in [0.29, 0.717) is 12.2 Å². The molecule has 3 nitrogen and oxygen atoms in total. The van der Waals surface area contributed by atoms with E-state index in [4.69, 9.17) is 4.74 Å². The summed E-state index contributed by atoms with van der Waals surface area (Å²) in [5.74, 6) is 0. The van der Waals surface area contributed by atoms with Crippen LogP contribution >= 0.6 is 15.9 Å². The summed E-state index contributed by atoms with van der Waals surface area (Å²) in [6.45, 7) is 2.99. The molecule has 4 heteroatoms. The van der Waals surface area contributed by atoms with Crippen LogP contribution in [0.3, 0.4) is 0 Å². The molecule has 72 valence electrons. The molecular weight excluding hydrogens is 232 g/mol. The van der Waals surface area contributed by atoms with Gasteiger partial charge >= 0.3 is 0 Å². The average Bonchev–Trinajstić information content (AvgIpc) is 2.62. The van der Waals surface area contributed by atoms with Crippen molar-refractivity contribution in [3.63, 3.8) is 0 Å². The molecule has 1 saturated heterocycles. The van der Waals surface area contributed by atoms with Gasteiger partial charge in [0.15, 0.2) is 0 Å². The zero-order valence-corrected chi connectivity index (χ0v) is 9.20. The number of rotatable bonds is 2. The molecular formula is C9H13BrN2O. The highest BCUT2D eigenvalue weighted by atomic mass is 79.9. The Hall–Kier alpha value is -0.350. The van der Waals surface area contributed by atoms with Gasteiger partial charge in [-0.1, -0.05) is 0 Å². The SMILES string of the molecule is CC1CCC(Cn2ccc(Br)n2)O1. The first kappa shape index (κ1) is 9.21. The summed E-state index contributed by atoms with van der Waals surface area (Å²) in [7, 11) is 0. The maximum absolute atomic E-state index is 5.70. The Kier molecular flexibility index (Phi) is 2.69. The van der Waals surface area contributed by atoms with E-state index in [1.165, 1.54) is 6.42 Å². The normalized spacial score (nSPS) is 28.2. The van der Waals surface area contributed by atoms with Crippen LogP contribution in [-0.2, 0) is 11.3 Å². The van der Waals surface area contributed by atoms with Gasteiger partial charge in [-0.3, -0.25) is 4.68 Å². The van der Waals surface area contributed by atoms with E-state index in [9.17, 15) is 0 Å². The molecule has 2 unspecified atom stereocenters. The second-order valence-electron chi connectivity index (χ2n) is 3.51. The molecule has 0 spiro atoms. The predicted molar refractivity (Wildman–Crippen MR) is 53.5 cm³/mol. The molecule has 2 heterocycles. The van der Waals surface area contributed by atoms with Crippen LogP contribution in [0.2, 0.25) is 0 Å². The molecule has 0 aliphatic carbocycles. The topological polar surface area (TPSA) is 27.1 Å². The Morgan fingerprint density at radius 1 is 1.69 bits per heavy atom. The lowest BCUT2D eigenvalue weighted by atomic mass is 10.2. The van der Waals surface area contributed by atoms with Gasteiger partial charge in [0.1, 0.15) is 4.60 Å². The third kappa shape index (κ3) is 2.31. The molecule has 1 aromatic rings. The Morgan fingerprint density at radius 3 is 3.08 bits per heavy atom. The predicted octanol–water partition coefficient (Wildman–Crippen LogP) is 2.21. The summed E-state index contributed by atoms with van der Waals surface area (Å²) >= 11 is 3.32. The molecule has 2 rings (SSSR count). The molecule has 13 heavy (non-hydrogen) atoms. The first-order valence-electron chi connectivity index (χ1n) is 4.58. The largest absolute Gasteiger partial charge is 0.373 e. The van der Waals surface area contributed by atoms with Gasteiger partial charge in [0.2, 0.25) is 0 Å². The van der Waals surface area contributed by atoms with Crippen LogP contribution in [0.5, 0.6) is 0 Å². The number of hydrogen-bond donors (Lipinski definition) is 0. The van der Waals surface area contributed by atoms with E-state index in [0.717, 1.165) is 17.6 Å². The molecule has 0 amide bonds. The molecule has 1 aromatic heterocycles. The number of ether oxygens (including phenoxy) is 1. The minimum atomic E-state index is 0.349. The van der Waals surface area contributed by atoms with Crippen molar-refractivity contribution in [2.24, 2.45) is 0 Å². The van der Waals surface area contributed by atoms with Gasteiger partial charge < -0.3 is 4.74 Å². The maximum Gasteiger partial charge on any atom is 0.128 e. The molecule has 1 fully saturated rings. The van der Waals surface area contributed by atoms with Crippen LogP contribution in [-0.4, -0.2) is 22.0 Å². The van der Waals surface area contributed by atoms with Crippen molar-refractivity contribution < 1.29 is 4.74 Å². The molecule has 1 aliphatic heterocycles. The van der Waals surface area contributed by atoms with Gasteiger partial charge in [-0.15, -0.1) is 0 Å². The fourth-order valence-corrected chi connectivity index (χ4v) is 1.99. The van der Waals surface area contributed by atoms with E-state index in [-0.39, 0.29) is 0 Å². The highest BCUT2D eigenvalue weighted by molar-refractivity contribution is 9.10. The highest BCUT2D eigenvalue weighted by Gasteiger charge is 2.21. The molecule has 0 N–H and O–H groups in total. The van der Waals surface area contributed by atoms with Crippen molar-refractivity contribution in [1.82, 2.24) is 9.78 Å². The van der Waals surface area contributed by atoms with Crippen molar-refractivity contribution in [2.45, 2.75) is 38.5 Å². The summed E-state index contributed by atoms with van der Waals surface area (Å²) < 4.78 is 8.51. The number of halogens is 1. The average molecular weight is 245 g/mol. The smallest absolute Gasteiger partial charge is 0.128 e. The summed E-state index contributed by atoms with van der Waals surface area (Å²) in [5.41, 5.74) is 0. The quantitative estimate of drug-likeness (QED) is 0.798. The Balaban J connectivity index is 1.91. The minimum absolute atomic E-state index is 0.349. The van der Waals surface area contributed by atoms with Gasteiger partial charge in [-0.25, -0.2) is 0 Å². The lowest BCUT2D eigenvalue weighted by Gasteiger charge is -2.10. The van der Waals surface area contributed by atoms with Crippen LogP contribution in [0.25, 0.3) is 0 Å². The summed E-state index contributed by atoms with van der Waals surface area (Å²) in [6, 6.07) is 1.94. The van der Waals surface area contributed by atoms with E-state index < -0.39 is 0 Å². The standard InChI is InChI=1S/C9H13BrN2O/c1-7-2-3-8(13-7)6-12-5-4-9(10)11-12/h4-5,7-8H,2-3,6H2,1H3. The number of aromatic nitrogens is 2. The van der Waals surface area contributed by atoms with Crippen molar-refractivity contribution in [3.05, 3.63) is 16.9 Å². The lowest BCUT2D eigenvalue weighted by Crippen LogP contribution is -2.16. The van der Waals surface area contributed by atoms with Gasteiger partial charge in [-0.05, 0) is 41.8 Å². The third-order valence-electron chi connectivity index (χ3n) is 2.32. The summed E-state index contributed by atoms with van der Waals surface area (Å²) in [4.78, 5) is 0. The second-order valence-corrected chi connectivity index (χ2v) is 4.32. The second kappa shape index (κ2) is 3.80. The van der Waals surface area contributed by atoms with Crippen LogP contribution in [0.4, 0.5) is 0 Å². The van der Waals surface area contributed by atoms with Gasteiger partial charge in [0.25, 0.3) is 0 Å². The molecule has 2 atom stereocenters. The minimum Gasteiger partial charge on any atom is -0.373 e. The van der Waals surface area contributed by atoms with Crippen molar-refractivity contribution >= 4 is 15.9 Å². The van der Waals surface area contributed by atoms with Crippen molar-refractivity contribution in [3.8, 4) is 0 Å². The first-order valence-corrected chi connectivity index (χ1v) is 5.38. The van der Waals surface area contributed by atoms with E-state index in [1.54, 1.807) is 0 Å². The van der Waals surface area contributed by atoms with Crippen molar-refractivity contribution in [1.29, 1.82) is 0 Å². The van der Waals surface area contributed by atoms with Crippen LogP contribution < -0.4 is 0 Å². The van der Waals surface area contributed by atoms with Gasteiger partial charge in [0.05, 0.1) is 18.8 Å². The van der Waals surface area contributed by atoms with E-state index in [2.05, 4.69) is 28.0 Å². The third-order valence-corrected chi connectivity index (χ3v) is 2.74. The Labute approximate surface area is 86.2 Å². The highest BCUT2D eigenvalue weighted by Crippen LogP contribution is 2.20. The van der Waals surface area contributed by atoms with E-state index in [1.807, 2.05) is 16.9 Å². The molecule has 1 aliphatic rings. The maximum atomic E-state index is 5.70. The lowest BCUT2D eigenvalue weighted by molar-refractivity contribution is 0.0436. The van der Waals surface area contributed by atoms with Crippen molar-refractivity contribution in [2.75, 3.05) is 0 Å². The zero-order chi connectivity index (χ0) is 9.26. The van der Waals surface area contributed by atoms with Crippen LogP contribution in [0.15, 0.2) is 16.9 Å². The number of hydrogen-bond acceptors (Lipinski definition) is 2. The first-order chi connectivity index (χ1) is 6.24. The summed E-state index contributed by atoms with van der Waals surface area (Å²) in [5, 5.41) is 4.25. The molecule has 0 radical (unpaired) electrons. The zero-order valence-electron chi connectivity index (χ0n) is 7.61. The monoisotopic (exact) mass is 244 g/mol. The van der Waals surface area contributed by atoms with Gasteiger partial charge in [0, 0.05) is 6.20 Å². The fraction of sp³-hybridized carbons (Fsp3) is 0.667.